The quantitative estimate of drug-likeness (QED) is 0.865. The fourth-order valence-electron chi connectivity index (χ4n) is 5.05. The topological polar surface area (TPSA) is 73.7 Å². The Bertz CT molecular complexity index is 947. The minimum Gasteiger partial charge on any atom is -0.480 e. The van der Waals surface area contributed by atoms with Gasteiger partial charge in [0.2, 0.25) is 5.91 Å². The second-order valence-corrected chi connectivity index (χ2v) is 9.07. The van der Waals surface area contributed by atoms with Crippen molar-refractivity contribution >= 4 is 22.8 Å². The van der Waals surface area contributed by atoms with Crippen molar-refractivity contribution in [2.24, 2.45) is 11.3 Å². The highest BCUT2D eigenvalue weighted by molar-refractivity contribution is 5.87. The zero-order valence-electron chi connectivity index (χ0n) is 16.6. The Balaban J connectivity index is 1.24. The minimum atomic E-state index is -0.848. The Morgan fingerprint density at radius 2 is 1.86 bits per heavy atom. The van der Waals surface area contributed by atoms with Gasteiger partial charge in [-0.3, -0.25) is 14.7 Å². The van der Waals surface area contributed by atoms with E-state index in [0.717, 1.165) is 61.9 Å². The highest BCUT2D eigenvalue weighted by Gasteiger charge is 2.51. The maximum atomic E-state index is 12.6. The number of rotatable bonds is 4. The van der Waals surface area contributed by atoms with E-state index in [0.29, 0.717) is 13.0 Å². The summed E-state index contributed by atoms with van der Waals surface area (Å²) < 4.78 is 0. The van der Waals surface area contributed by atoms with Crippen LogP contribution >= 0.6 is 0 Å². The van der Waals surface area contributed by atoms with Crippen molar-refractivity contribution in [2.45, 2.75) is 44.7 Å². The molecule has 3 fully saturated rings. The number of aromatic nitrogens is 1. The van der Waals surface area contributed by atoms with Gasteiger partial charge in [0.25, 0.3) is 0 Å². The van der Waals surface area contributed by atoms with Gasteiger partial charge in [-0.25, -0.2) is 4.79 Å². The summed E-state index contributed by atoms with van der Waals surface area (Å²) in [6.07, 6.45) is 4.32. The van der Waals surface area contributed by atoms with Crippen molar-refractivity contribution in [3.05, 3.63) is 42.1 Å². The number of carbonyl (C=O) groups excluding carboxylic acids is 1. The molecule has 3 heterocycles. The number of carboxylic acids is 1. The van der Waals surface area contributed by atoms with Gasteiger partial charge in [0.15, 0.2) is 0 Å². The van der Waals surface area contributed by atoms with Crippen LogP contribution in [0.1, 0.15) is 37.8 Å². The first kappa shape index (κ1) is 18.6. The molecule has 2 aromatic rings. The van der Waals surface area contributed by atoms with Crippen molar-refractivity contribution in [3.8, 4) is 0 Å². The molecular weight excluding hydrogens is 366 g/mol. The van der Waals surface area contributed by atoms with Crippen molar-refractivity contribution in [3.63, 3.8) is 0 Å². The predicted octanol–water partition coefficient (Wildman–Crippen LogP) is 2.91. The van der Waals surface area contributed by atoms with Gasteiger partial charge in [0.1, 0.15) is 6.04 Å². The summed E-state index contributed by atoms with van der Waals surface area (Å²) in [7, 11) is 0. The third-order valence-corrected chi connectivity index (χ3v) is 6.96. The maximum Gasteiger partial charge on any atom is 0.326 e. The van der Waals surface area contributed by atoms with E-state index in [2.05, 4.69) is 23.1 Å². The van der Waals surface area contributed by atoms with Crippen molar-refractivity contribution in [1.82, 2.24) is 14.8 Å². The first-order valence-corrected chi connectivity index (χ1v) is 10.6. The fourth-order valence-corrected chi connectivity index (χ4v) is 5.05. The van der Waals surface area contributed by atoms with Crippen molar-refractivity contribution < 1.29 is 14.7 Å². The Morgan fingerprint density at radius 3 is 2.59 bits per heavy atom. The van der Waals surface area contributed by atoms with Gasteiger partial charge in [0, 0.05) is 24.4 Å². The SMILES string of the molecule is O=C(O)[C@H]1CC2(CCN(Cc3ccc4ccccc4n3)CC2)CN1C(=O)C1CC1. The van der Waals surface area contributed by atoms with Gasteiger partial charge < -0.3 is 10.0 Å². The number of carboxylic acid groups (broad SMARTS) is 1. The molecule has 1 aromatic heterocycles. The van der Waals surface area contributed by atoms with E-state index in [9.17, 15) is 14.7 Å². The number of fused-ring (bicyclic) bond motifs is 1. The second kappa shape index (κ2) is 7.10. The summed E-state index contributed by atoms with van der Waals surface area (Å²) >= 11 is 0. The van der Waals surface area contributed by atoms with Crippen LogP contribution in [0.15, 0.2) is 36.4 Å². The van der Waals surface area contributed by atoms with Crippen LogP contribution in [0.4, 0.5) is 0 Å². The molecule has 0 bridgehead atoms. The third-order valence-electron chi connectivity index (χ3n) is 6.96. The predicted molar refractivity (Wildman–Crippen MR) is 109 cm³/mol. The molecule has 1 aliphatic carbocycles. The van der Waals surface area contributed by atoms with Crippen LogP contribution in [-0.4, -0.2) is 57.4 Å². The third kappa shape index (κ3) is 3.62. The molecule has 1 saturated carbocycles. The number of para-hydroxylation sites is 1. The summed E-state index contributed by atoms with van der Waals surface area (Å²) in [6.45, 7) is 3.27. The number of piperidine rings is 1. The van der Waals surface area contributed by atoms with E-state index in [1.807, 2.05) is 18.2 Å². The summed E-state index contributed by atoms with van der Waals surface area (Å²) in [5.74, 6) is -0.707. The summed E-state index contributed by atoms with van der Waals surface area (Å²) in [5, 5.41) is 10.8. The fraction of sp³-hybridized carbons (Fsp3) is 0.522. The van der Waals surface area contributed by atoms with Gasteiger partial charge in [-0.05, 0) is 62.7 Å². The molecule has 3 aliphatic rings. The van der Waals surface area contributed by atoms with Crippen LogP contribution in [0.25, 0.3) is 10.9 Å². The number of likely N-dealkylation sites (tertiary alicyclic amines) is 2. The summed E-state index contributed by atoms with van der Waals surface area (Å²) in [5.41, 5.74) is 2.05. The molecular formula is C23H27N3O3. The van der Waals surface area contributed by atoms with Gasteiger partial charge in [-0.2, -0.15) is 0 Å². The monoisotopic (exact) mass is 393 g/mol. The summed E-state index contributed by atoms with van der Waals surface area (Å²) in [6, 6.07) is 11.7. The van der Waals surface area contributed by atoms with Gasteiger partial charge in [-0.1, -0.05) is 24.3 Å². The Hall–Kier alpha value is -2.47. The molecule has 152 valence electrons. The average molecular weight is 393 g/mol. The highest BCUT2D eigenvalue weighted by Crippen LogP contribution is 2.45. The number of nitrogens with zero attached hydrogens (tertiary/aromatic N) is 3. The van der Waals surface area contributed by atoms with E-state index in [1.165, 1.54) is 0 Å². The average Bonchev–Trinajstić information content (AvgIpc) is 3.51. The van der Waals surface area contributed by atoms with E-state index < -0.39 is 12.0 Å². The number of benzene rings is 1. The van der Waals surface area contributed by atoms with Gasteiger partial charge >= 0.3 is 5.97 Å². The summed E-state index contributed by atoms with van der Waals surface area (Å²) in [4.78, 5) is 33.3. The molecule has 1 amide bonds. The lowest BCUT2D eigenvalue weighted by molar-refractivity contribution is -0.148. The van der Waals surface area contributed by atoms with Gasteiger partial charge in [-0.15, -0.1) is 0 Å². The molecule has 29 heavy (non-hydrogen) atoms. The molecule has 2 aliphatic heterocycles. The Kier molecular flexibility index (Phi) is 4.54. The molecule has 5 rings (SSSR count). The molecule has 6 heteroatoms. The Labute approximate surface area is 170 Å². The van der Waals surface area contributed by atoms with E-state index >= 15 is 0 Å². The van der Waals surface area contributed by atoms with Crippen LogP contribution in [0.5, 0.6) is 0 Å². The standard InChI is InChI=1S/C23H27N3O3/c27-21(17-5-6-17)26-15-23(13-20(26)22(28)29)9-11-25(12-10-23)14-18-8-7-16-3-1-2-4-19(16)24-18/h1-4,7-8,17,20H,5-6,9-15H2,(H,28,29)/t20-/m1/s1. The number of pyridine rings is 1. The number of aliphatic carboxylic acids is 1. The number of hydrogen-bond acceptors (Lipinski definition) is 4. The first-order valence-electron chi connectivity index (χ1n) is 10.6. The van der Waals surface area contributed by atoms with Crippen LogP contribution in [0, 0.1) is 11.3 Å². The maximum absolute atomic E-state index is 12.6. The molecule has 1 atom stereocenters. The molecule has 1 spiro atoms. The van der Waals surface area contributed by atoms with E-state index in [1.54, 1.807) is 4.90 Å². The number of hydrogen-bond donors (Lipinski definition) is 1. The zero-order chi connectivity index (χ0) is 20.0. The molecule has 1 N–H and O–H groups in total. The van der Waals surface area contributed by atoms with Crippen LogP contribution in [0.2, 0.25) is 0 Å². The largest absolute Gasteiger partial charge is 0.480 e. The van der Waals surface area contributed by atoms with Crippen LogP contribution in [-0.2, 0) is 16.1 Å². The minimum absolute atomic E-state index is 0.0408. The molecule has 0 unspecified atom stereocenters. The number of carbonyl (C=O) groups is 2. The lowest BCUT2D eigenvalue weighted by atomic mass is 9.76. The smallest absolute Gasteiger partial charge is 0.326 e. The number of amides is 1. The van der Waals surface area contributed by atoms with Crippen LogP contribution in [0.3, 0.4) is 0 Å². The second-order valence-electron chi connectivity index (χ2n) is 9.07. The highest BCUT2D eigenvalue weighted by atomic mass is 16.4. The van der Waals surface area contributed by atoms with E-state index in [-0.39, 0.29) is 17.2 Å². The first-order chi connectivity index (χ1) is 14.0. The normalized spacial score (nSPS) is 24.3. The lowest BCUT2D eigenvalue weighted by Gasteiger charge is -2.39. The zero-order valence-corrected chi connectivity index (χ0v) is 16.6. The molecule has 1 aromatic carbocycles. The van der Waals surface area contributed by atoms with Gasteiger partial charge in [0.05, 0.1) is 11.2 Å². The Morgan fingerprint density at radius 1 is 1.10 bits per heavy atom. The molecule has 6 nitrogen and oxygen atoms in total. The molecule has 0 radical (unpaired) electrons. The van der Waals surface area contributed by atoms with Crippen molar-refractivity contribution in [1.29, 1.82) is 0 Å². The lowest BCUT2D eigenvalue weighted by Crippen LogP contribution is -2.43. The van der Waals surface area contributed by atoms with E-state index in [4.69, 9.17) is 4.98 Å². The molecule has 2 saturated heterocycles. The van der Waals surface area contributed by atoms with Crippen molar-refractivity contribution in [2.75, 3.05) is 19.6 Å². The van der Waals surface area contributed by atoms with Crippen LogP contribution < -0.4 is 0 Å².